The summed E-state index contributed by atoms with van der Waals surface area (Å²) in [6.45, 7) is 5.84. The average molecular weight is 474 g/mol. The van der Waals surface area contributed by atoms with Crippen molar-refractivity contribution in [3.05, 3.63) is 49.6 Å². The maximum atomic E-state index is 13.8. The zero-order valence-corrected chi connectivity index (χ0v) is 20.0. The van der Waals surface area contributed by atoms with Crippen molar-refractivity contribution in [2.75, 3.05) is 18.8 Å². The van der Waals surface area contributed by atoms with Crippen molar-refractivity contribution in [3.63, 3.8) is 0 Å². The van der Waals surface area contributed by atoms with Gasteiger partial charge in [-0.15, -0.1) is 11.3 Å². The molecule has 1 atom stereocenters. The zero-order chi connectivity index (χ0) is 21.7. The lowest BCUT2D eigenvalue weighted by atomic mass is 9.89. The number of likely N-dealkylation sites (tertiary alicyclic amines) is 1. The number of carbonyl (C=O) groups is 1. The van der Waals surface area contributed by atoms with E-state index >= 15 is 0 Å². The zero-order valence-electron chi connectivity index (χ0n) is 17.6. The fourth-order valence-corrected chi connectivity index (χ4v) is 6.71. The summed E-state index contributed by atoms with van der Waals surface area (Å²) >= 11 is 9.37. The first-order valence-corrected chi connectivity index (χ1v) is 12.8. The van der Waals surface area contributed by atoms with Crippen LogP contribution in [0.25, 0.3) is 15.9 Å². The number of thioether (sulfide) groups is 1. The molecular weight excluding hydrogens is 450 g/mol. The standard InChI is InChI=1S/C23H24ClN3O2S2/c1-13-4-7-16-18(10-13)31-21-20(16)22(29)27(15-6-5-14(2)17(24)11-15)23(25-21)30-12-19(28)26-8-3-9-26/h5-6,11,13H,3-4,7-10,12H2,1-2H3. The Kier molecular flexibility index (Phi) is 5.61. The van der Waals surface area contributed by atoms with E-state index in [0.29, 0.717) is 21.8 Å². The smallest absolute Gasteiger partial charge is 0.267 e. The molecule has 8 heteroatoms. The number of amides is 1. The number of rotatable bonds is 4. The van der Waals surface area contributed by atoms with Crippen LogP contribution in [-0.2, 0) is 17.6 Å². The number of hydrogen-bond donors (Lipinski definition) is 0. The Morgan fingerprint density at radius 1 is 1.35 bits per heavy atom. The van der Waals surface area contributed by atoms with Gasteiger partial charge in [0.1, 0.15) is 4.83 Å². The summed E-state index contributed by atoms with van der Waals surface area (Å²) in [5.74, 6) is 1.000. The molecule has 1 fully saturated rings. The Balaban J connectivity index is 1.64. The van der Waals surface area contributed by atoms with Gasteiger partial charge in [0.05, 0.1) is 16.8 Å². The summed E-state index contributed by atoms with van der Waals surface area (Å²) in [5, 5.41) is 1.90. The van der Waals surface area contributed by atoms with Gasteiger partial charge in [-0.25, -0.2) is 4.98 Å². The molecule has 1 unspecified atom stereocenters. The number of thiophene rings is 1. The van der Waals surface area contributed by atoms with Crippen LogP contribution in [0.15, 0.2) is 28.2 Å². The van der Waals surface area contributed by atoms with Crippen molar-refractivity contribution in [1.82, 2.24) is 14.5 Å². The highest BCUT2D eigenvalue weighted by molar-refractivity contribution is 7.99. The van der Waals surface area contributed by atoms with Crippen molar-refractivity contribution in [2.45, 2.75) is 44.7 Å². The topological polar surface area (TPSA) is 55.2 Å². The molecule has 1 aromatic carbocycles. The van der Waals surface area contributed by atoms with Gasteiger partial charge in [0.15, 0.2) is 5.16 Å². The third-order valence-corrected chi connectivity index (χ3v) is 8.72. The van der Waals surface area contributed by atoms with Crippen molar-refractivity contribution in [2.24, 2.45) is 5.92 Å². The van der Waals surface area contributed by atoms with Gasteiger partial charge in [-0.2, -0.15) is 0 Å². The SMILES string of the molecule is Cc1ccc(-n2c(SCC(=O)N3CCC3)nc3sc4c(c3c2=O)CCC(C)C4)cc1Cl. The van der Waals surface area contributed by atoms with Gasteiger partial charge in [-0.3, -0.25) is 14.2 Å². The fourth-order valence-electron chi connectivity index (χ4n) is 4.20. The minimum atomic E-state index is -0.0594. The average Bonchev–Trinajstić information content (AvgIpc) is 3.05. The maximum Gasteiger partial charge on any atom is 0.267 e. The molecule has 0 saturated carbocycles. The molecule has 31 heavy (non-hydrogen) atoms. The number of carbonyl (C=O) groups excluding carboxylic acids is 1. The van der Waals surface area contributed by atoms with Crippen molar-refractivity contribution in [3.8, 4) is 5.69 Å². The molecule has 0 bridgehead atoms. The third-order valence-electron chi connectivity index (χ3n) is 6.25. The van der Waals surface area contributed by atoms with Gasteiger partial charge in [0.2, 0.25) is 5.91 Å². The number of aromatic nitrogens is 2. The van der Waals surface area contributed by atoms with Crippen LogP contribution in [-0.4, -0.2) is 39.2 Å². The Hall–Kier alpha value is -1.83. The van der Waals surface area contributed by atoms with Crippen LogP contribution in [0, 0.1) is 12.8 Å². The van der Waals surface area contributed by atoms with E-state index in [1.54, 1.807) is 15.9 Å². The Morgan fingerprint density at radius 2 is 2.16 bits per heavy atom. The molecule has 162 valence electrons. The minimum absolute atomic E-state index is 0.0594. The summed E-state index contributed by atoms with van der Waals surface area (Å²) in [7, 11) is 0. The molecular formula is C23H24ClN3O2S2. The first kappa shape index (κ1) is 21.0. The Morgan fingerprint density at radius 3 is 2.87 bits per heavy atom. The van der Waals surface area contributed by atoms with Crippen LogP contribution in [0.2, 0.25) is 5.02 Å². The van der Waals surface area contributed by atoms with Crippen LogP contribution < -0.4 is 5.56 Å². The molecule has 1 amide bonds. The number of benzene rings is 1. The van der Waals surface area contributed by atoms with Gasteiger partial charge in [0.25, 0.3) is 5.56 Å². The summed E-state index contributed by atoms with van der Waals surface area (Å²) in [4.78, 5) is 35.1. The highest BCUT2D eigenvalue weighted by Crippen LogP contribution is 2.37. The molecule has 1 aliphatic heterocycles. The van der Waals surface area contributed by atoms with Gasteiger partial charge in [0, 0.05) is 23.0 Å². The van der Waals surface area contributed by atoms with Gasteiger partial charge < -0.3 is 4.90 Å². The molecule has 0 radical (unpaired) electrons. The van der Waals surface area contributed by atoms with E-state index < -0.39 is 0 Å². The second-order valence-electron chi connectivity index (χ2n) is 8.52. The lowest BCUT2D eigenvalue weighted by Crippen LogP contribution is -2.43. The maximum absolute atomic E-state index is 13.8. The largest absolute Gasteiger partial charge is 0.342 e. The number of nitrogens with zero attached hydrogens (tertiary/aromatic N) is 3. The first-order chi connectivity index (χ1) is 14.9. The third kappa shape index (κ3) is 3.81. The molecule has 2 aromatic heterocycles. The lowest BCUT2D eigenvalue weighted by molar-refractivity contribution is -0.131. The van der Waals surface area contributed by atoms with E-state index in [1.165, 1.54) is 16.6 Å². The molecule has 1 aliphatic carbocycles. The molecule has 3 aromatic rings. The molecule has 1 saturated heterocycles. The van der Waals surface area contributed by atoms with Gasteiger partial charge in [-0.05, 0) is 61.8 Å². The highest BCUT2D eigenvalue weighted by Gasteiger charge is 2.26. The second kappa shape index (κ2) is 8.26. The monoisotopic (exact) mass is 473 g/mol. The van der Waals surface area contributed by atoms with E-state index in [-0.39, 0.29) is 17.2 Å². The number of aryl methyl sites for hydroxylation is 2. The highest BCUT2D eigenvalue weighted by atomic mass is 35.5. The van der Waals surface area contributed by atoms with Crippen LogP contribution in [0.1, 0.15) is 35.8 Å². The van der Waals surface area contributed by atoms with E-state index in [0.717, 1.165) is 60.1 Å². The van der Waals surface area contributed by atoms with Crippen LogP contribution in [0.5, 0.6) is 0 Å². The molecule has 5 nitrogen and oxygen atoms in total. The Bertz CT molecular complexity index is 1250. The Labute approximate surface area is 194 Å². The van der Waals surface area contributed by atoms with Crippen molar-refractivity contribution >= 4 is 50.8 Å². The lowest BCUT2D eigenvalue weighted by Gasteiger charge is -2.30. The fraction of sp³-hybridized carbons (Fsp3) is 0.435. The number of fused-ring (bicyclic) bond motifs is 3. The van der Waals surface area contributed by atoms with Gasteiger partial charge >= 0.3 is 0 Å². The molecule has 0 spiro atoms. The second-order valence-corrected chi connectivity index (χ2v) is 11.0. The van der Waals surface area contributed by atoms with Crippen LogP contribution in [0.4, 0.5) is 0 Å². The molecule has 3 heterocycles. The van der Waals surface area contributed by atoms with Crippen LogP contribution >= 0.6 is 34.7 Å². The molecule has 5 rings (SSSR count). The van der Waals surface area contributed by atoms with Crippen LogP contribution in [0.3, 0.4) is 0 Å². The molecule has 2 aliphatic rings. The van der Waals surface area contributed by atoms with E-state index in [9.17, 15) is 9.59 Å². The molecule has 0 N–H and O–H groups in total. The summed E-state index contributed by atoms with van der Waals surface area (Å²) < 4.78 is 1.65. The van der Waals surface area contributed by atoms with Crippen molar-refractivity contribution < 1.29 is 4.79 Å². The predicted molar refractivity (Wildman–Crippen MR) is 128 cm³/mol. The number of halogens is 1. The van der Waals surface area contributed by atoms with E-state index in [4.69, 9.17) is 16.6 Å². The normalized spacial score (nSPS) is 18.2. The van der Waals surface area contributed by atoms with Gasteiger partial charge in [-0.1, -0.05) is 36.4 Å². The quantitative estimate of drug-likeness (QED) is 0.401. The first-order valence-electron chi connectivity index (χ1n) is 10.7. The predicted octanol–water partition coefficient (Wildman–Crippen LogP) is 4.86. The minimum Gasteiger partial charge on any atom is -0.342 e. The van der Waals surface area contributed by atoms with Crippen molar-refractivity contribution in [1.29, 1.82) is 0 Å². The summed E-state index contributed by atoms with van der Waals surface area (Å²) in [6, 6.07) is 5.63. The summed E-state index contributed by atoms with van der Waals surface area (Å²) in [5.41, 5.74) is 2.75. The number of hydrogen-bond acceptors (Lipinski definition) is 5. The van der Waals surface area contributed by atoms with E-state index in [2.05, 4.69) is 6.92 Å². The summed E-state index contributed by atoms with van der Waals surface area (Å²) in [6.07, 6.45) is 4.08. The van der Waals surface area contributed by atoms with E-state index in [1.807, 2.05) is 30.0 Å².